The van der Waals surface area contributed by atoms with Gasteiger partial charge in [-0.1, -0.05) is 43.2 Å². The molecule has 166 valence electrons. The molecule has 5 nitrogen and oxygen atoms in total. The number of aromatic nitrogens is 1. The number of benzene rings is 2. The van der Waals surface area contributed by atoms with E-state index in [1.165, 1.54) is 11.1 Å². The summed E-state index contributed by atoms with van der Waals surface area (Å²) in [5, 5.41) is 0. The van der Waals surface area contributed by atoms with Crippen molar-refractivity contribution in [3.63, 3.8) is 0 Å². The highest BCUT2D eigenvalue weighted by atomic mass is 32.1. The minimum Gasteiger partial charge on any atom is -0.494 e. The number of aryl methyl sites for hydroxylation is 2. The Kier molecular flexibility index (Phi) is 8.43. The van der Waals surface area contributed by atoms with E-state index >= 15 is 0 Å². The second-order valence-electron chi connectivity index (χ2n) is 7.66. The predicted octanol–water partition coefficient (Wildman–Crippen LogP) is 5.67. The molecule has 6 heteroatoms. The average molecular weight is 441 g/mol. The van der Waals surface area contributed by atoms with E-state index in [1.807, 2.05) is 19.1 Å². The van der Waals surface area contributed by atoms with Crippen LogP contribution in [-0.2, 0) is 11.3 Å². The van der Waals surface area contributed by atoms with Crippen LogP contribution in [0.1, 0.15) is 54.6 Å². The van der Waals surface area contributed by atoms with E-state index in [4.69, 9.17) is 9.47 Å². The molecule has 0 bridgehead atoms. The summed E-state index contributed by atoms with van der Waals surface area (Å²) in [6.45, 7) is 10.9. The maximum Gasteiger partial charge on any atom is 0.279 e. The van der Waals surface area contributed by atoms with Gasteiger partial charge in [-0.25, -0.2) is 0 Å². The van der Waals surface area contributed by atoms with Gasteiger partial charge in [0.2, 0.25) is 0 Å². The van der Waals surface area contributed by atoms with Gasteiger partial charge in [0.05, 0.1) is 23.4 Å². The SMILES string of the molecule is CCCCCOc1cccc(C(=O)N=c2sc3c(C)cc(C)cc3n2CCOCC)c1. The number of nitrogens with zero attached hydrogens (tertiary/aromatic N) is 2. The van der Waals surface area contributed by atoms with E-state index in [-0.39, 0.29) is 5.91 Å². The molecule has 0 aliphatic heterocycles. The van der Waals surface area contributed by atoms with Crippen LogP contribution in [0.3, 0.4) is 0 Å². The smallest absolute Gasteiger partial charge is 0.279 e. The first kappa shape index (κ1) is 23.2. The average Bonchev–Trinajstić information content (AvgIpc) is 3.09. The summed E-state index contributed by atoms with van der Waals surface area (Å²) < 4.78 is 14.6. The number of hydrogen-bond acceptors (Lipinski definition) is 4. The van der Waals surface area contributed by atoms with Crippen molar-refractivity contribution in [3.8, 4) is 5.75 Å². The minimum atomic E-state index is -0.259. The first-order valence-electron chi connectivity index (χ1n) is 11.0. The highest BCUT2D eigenvalue weighted by Gasteiger charge is 2.12. The van der Waals surface area contributed by atoms with Crippen LogP contribution in [0.15, 0.2) is 41.4 Å². The van der Waals surface area contributed by atoms with Crippen molar-refractivity contribution in [2.24, 2.45) is 4.99 Å². The maximum atomic E-state index is 13.0. The predicted molar refractivity (Wildman–Crippen MR) is 127 cm³/mol. The molecule has 0 fully saturated rings. The normalized spacial score (nSPS) is 11.9. The number of ether oxygens (including phenoxy) is 2. The highest BCUT2D eigenvalue weighted by Crippen LogP contribution is 2.24. The topological polar surface area (TPSA) is 52.8 Å². The summed E-state index contributed by atoms with van der Waals surface area (Å²) in [6.07, 6.45) is 3.30. The number of carbonyl (C=O) groups excluding carboxylic acids is 1. The lowest BCUT2D eigenvalue weighted by Gasteiger charge is -2.07. The molecule has 1 aromatic heterocycles. The second kappa shape index (κ2) is 11.3. The number of fused-ring (bicyclic) bond motifs is 1. The van der Waals surface area contributed by atoms with E-state index in [0.29, 0.717) is 42.5 Å². The first-order valence-corrected chi connectivity index (χ1v) is 11.8. The van der Waals surface area contributed by atoms with Gasteiger partial charge in [0.25, 0.3) is 5.91 Å². The number of amides is 1. The molecule has 1 amide bonds. The van der Waals surface area contributed by atoms with Gasteiger partial charge in [0.15, 0.2) is 4.80 Å². The molecule has 0 spiro atoms. The molecule has 0 radical (unpaired) electrons. The zero-order chi connectivity index (χ0) is 22.2. The standard InChI is InChI=1S/C25H32N2O3S/c1-5-7-8-13-30-21-11-9-10-20(17-21)24(28)26-25-27(12-14-29-6-2)22-16-18(3)15-19(4)23(22)31-25/h9-11,15-17H,5-8,12-14H2,1-4H3. The molecule has 0 N–H and O–H groups in total. The number of unbranched alkanes of at least 4 members (excludes halogenated alkanes) is 2. The van der Waals surface area contributed by atoms with Crippen molar-refractivity contribution in [2.75, 3.05) is 19.8 Å². The second-order valence-corrected chi connectivity index (χ2v) is 8.64. The molecule has 0 aliphatic rings. The third kappa shape index (κ3) is 6.05. The van der Waals surface area contributed by atoms with Crippen molar-refractivity contribution < 1.29 is 14.3 Å². The van der Waals surface area contributed by atoms with Crippen LogP contribution >= 0.6 is 11.3 Å². The van der Waals surface area contributed by atoms with Crippen molar-refractivity contribution >= 4 is 27.5 Å². The fraction of sp³-hybridized carbons (Fsp3) is 0.440. The van der Waals surface area contributed by atoms with Crippen LogP contribution in [0, 0.1) is 13.8 Å². The van der Waals surface area contributed by atoms with E-state index in [9.17, 15) is 4.79 Å². The molecule has 0 aliphatic carbocycles. The molecule has 3 rings (SSSR count). The van der Waals surface area contributed by atoms with E-state index in [2.05, 4.69) is 42.5 Å². The fourth-order valence-electron chi connectivity index (χ4n) is 3.53. The van der Waals surface area contributed by atoms with Gasteiger partial charge in [-0.3, -0.25) is 4.79 Å². The summed E-state index contributed by atoms with van der Waals surface area (Å²) >= 11 is 1.55. The molecule has 31 heavy (non-hydrogen) atoms. The molecule has 1 heterocycles. The monoisotopic (exact) mass is 440 g/mol. The van der Waals surface area contributed by atoms with Gasteiger partial charge < -0.3 is 14.0 Å². The van der Waals surface area contributed by atoms with Crippen LogP contribution in [0.25, 0.3) is 10.2 Å². The van der Waals surface area contributed by atoms with Crippen molar-refractivity contribution in [1.82, 2.24) is 4.57 Å². The van der Waals surface area contributed by atoms with Gasteiger partial charge in [-0.05, 0) is 62.6 Å². The van der Waals surface area contributed by atoms with Gasteiger partial charge in [0.1, 0.15) is 5.75 Å². The molecular weight excluding hydrogens is 408 g/mol. The number of carbonyl (C=O) groups is 1. The van der Waals surface area contributed by atoms with E-state index in [0.717, 1.165) is 29.5 Å². The fourth-order valence-corrected chi connectivity index (χ4v) is 4.63. The van der Waals surface area contributed by atoms with Gasteiger partial charge >= 0.3 is 0 Å². The Morgan fingerprint density at radius 2 is 1.94 bits per heavy atom. The molecule has 3 aromatic rings. The van der Waals surface area contributed by atoms with Crippen LogP contribution in [0.2, 0.25) is 0 Å². The first-order chi connectivity index (χ1) is 15.0. The molecule has 0 saturated carbocycles. The summed E-state index contributed by atoms with van der Waals surface area (Å²) in [7, 11) is 0. The molecule has 0 unspecified atom stereocenters. The Morgan fingerprint density at radius 3 is 2.71 bits per heavy atom. The molecular formula is C25H32N2O3S. The quantitative estimate of drug-likeness (QED) is 0.382. The molecule has 2 aromatic carbocycles. The van der Waals surface area contributed by atoms with Crippen molar-refractivity contribution in [1.29, 1.82) is 0 Å². The summed E-state index contributed by atoms with van der Waals surface area (Å²) in [5.41, 5.74) is 4.02. The summed E-state index contributed by atoms with van der Waals surface area (Å²) in [5.74, 6) is 0.453. The Morgan fingerprint density at radius 1 is 1.10 bits per heavy atom. The number of rotatable bonds is 10. The lowest BCUT2D eigenvalue weighted by Crippen LogP contribution is -2.19. The molecule has 0 saturated heterocycles. The Balaban J connectivity index is 1.93. The Labute approximate surface area is 188 Å². The van der Waals surface area contributed by atoms with Crippen LogP contribution in [0.4, 0.5) is 0 Å². The summed E-state index contributed by atoms with van der Waals surface area (Å²) in [4.78, 5) is 18.2. The third-order valence-electron chi connectivity index (χ3n) is 5.07. The lowest BCUT2D eigenvalue weighted by molar-refractivity contribution is 0.0996. The van der Waals surface area contributed by atoms with Gasteiger partial charge in [-0.2, -0.15) is 4.99 Å². The maximum absolute atomic E-state index is 13.0. The van der Waals surface area contributed by atoms with Gasteiger partial charge in [-0.15, -0.1) is 0 Å². The Bertz CT molecular complexity index is 1100. The van der Waals surface area contributed by atoms with Gasteiger partial charge in [0, 0.05) is 18.7 Å². The highest BCUT2D eigenvalue weighted by molar-refractivity contribution is 7.16. The van der Waals surface area contributed by atoms with Crippen LogP contribution < -0.4 is 9.54 Å². The van der Waals surface area contributed by atoms with E-state index < -0.39 is 0 Å². The van der Waals surface area contributed by atoms with Crippen molar-refractivity contribution in [3.05, 3.63) is 57.9 Å². The zero-order valence-electron chi connectivity index (χ0n) is 18.9. The van der Waals surface area contributed by atoms with Crippen LogP contribution in [0.5, 0.6) is 5.75 Å². The van der Waals surface area contributed by atoms with E-state index in [1.54, 1.807) is 23.5 Å². The number of hydrogen-bond donors (Lipinski definition) is 0. The van der Waals surface area contributed by atoms with Crippen LogP contribution in [-0.4, -0.2) is 30.3 Å². The zero-order valence-corrected chi connectivity index (χ0v) is 19.8. The number of thiazole rings is 1. The third-order valence-corrected chi connectivity index (χ3v) is 6.30. The minimum absolute atomic E-state index is 0.259. The van der Waals surface area contributed by atoms with Crippen molar-refractivity contribution in [2.45, 2.75) is 53.5 Å². The Hall–Kier alpha value is -2.44. The molecule has 0 atom stereocenters. The lowest BCUT2D eigenvalue weighted by atomic mass is 10.1. The largest absolute Gasteiger partial charge is 0.494 e. The summed E-state index contributed by atoms with van der Waals surface area (Å²) in [6, 6.07) is 11.6.